The molecule has 4 heteroatoms. The number of hydrogen-bond acceptors (Lipinski definition) is 4. The van der Waals surface area contributed by atoms with Gasteiger partial charge in [-0.1, -0.05) is 6.92 Å². The third-order valence-electron chi connectivity index (χ3n) is 5.22. The minimum atomic E-state index is 0.701. The van der Waals surface area contributed by atoms with Gasteiger partial charge in [0.2, 0.25) is 0 Å². The molecule has 0 bridgehead atoms. The zero-order valence-electron chi connectivity index (χ0n) is 12.3. The summed E-state index contributed by atoms with van der Waals surface area (Å²) >= 11 is 0. The summed E-state index contributed by atoms with van der Waals surface area (Å²) in [5.41, 5.74) is 0. The number of hydrogen-bond donors (Lipinski definition) is 1. The molecular weight excluding hydrogens is 250 g/mol. The molecule has 2 unspecified atom stereocenters. The molecule has 20 heavy (non-hydrogen) atoms. The molecule has 1 saturated carbocycles. The van der Waals surface area contributed by atoms with Crippen LogP contribution < -0.4 is 5.32 Å². The van der Waals surface area contributed by atoms with Crippen molar-refractivity contribution < 1.29 is 4.42 Å². The van der Waals surface area contributed by atoms with Crippen LogP contribution in [0.3, 0.4) is 0 Å². The second-order valence-electron chi connectivity index (χ2n) is 6.75. The van der Waals surface area contributed by atoms with E-state index < -0.39 is 0 Å². The predicted octanol–water partition coefficient (Wildman–Crippen LogP) is 1.49. The van der Waals surface area contributed by atoms with Gasteiger partial charge < -0.3 is 9.73 Å². The first-order valence-corrected chi connectivity index (χ1v) is 8.05. The van der Waals surface area contributed by atoms with Gasteiger partial charge in [-0.05, 0) is 24.5 Å². The normalized spacial score (nSPS) is 32.2. The van der Waals surface area contributed by atoms with E-state index in [9.17, 15) is 0 Å². The highest BCUT2D eigenvalue weighted by molar-refractivity contribution is 5.17. The number of rotatable bonds is 4. The Bertz CT molecular complexity index is 460. The molecule has 1 N–H and O–H groups in total. The van der Waals surface area contributed by atoms with Crippen LogP contribution in [0.25, 0.3) is 0 Å². The number of nitrogens with one attached hydrogen (secondary N) is 1. The molecule has 3 heterocycles. The molecule has 1 aromatic rings. The third-order valence-corrected chi connectivity index (χ3v) is 5.22. The molecule has 2 saturated heterocycles. The van der Waals surface area contributed by atoms with Gasteiger partial charge in [-0.25, -0.2) is 0 Å². The molecular formula is C16H25N3O. The van der Waals surface area contributed by atoms with Gasteiger partial charge in [0.15, 0.2) is 0 Å². The molecule has 4 rings (SSSR count). The molecule has 110 valence electrons. The monoisotopic (exact) mass is 275 g/mol. The van der Waals surface area contributed by atoms with Crippen molar-refractivity contribution >= 4 is 0 Å². The van der Waals surface area contributed by atoms with Crippen LogP contribution in [-0.2, 0) is 6.54 Å². The first-order valence-electron chi connectivity index (χ1n) is 8.05. The topological polar surface area (TPSA) is 31.6 Å². The molecule has 3 fully saturated rings. The van der Waals surface area contributed by atoms with E-state index in [1.54, 1.807) is 0 Å². The highest BCUT2D eigenvalue weighted by Gasteiger charge is 2.36. The zero-order chi connectivity index (χ0) is 13.5. The van der Waals surface area contributed by atoms with E-state index in [4.69, 9.17) is 4.42 Å². The largest absolute Gasteiger partial charge is 0.464 e. The van der Waals surface area contributed by atoms with Crippen LogP contribution >= 0.6 is 0 Å². The second kappa shape index (κ2) is 5.17. The van der Waals surface area contributed by atoms with E-state index in [1.807, 2.05) is 0 Å². The quantitative estimate of drug-likeness (QED) is 0.902. The zero-order valence-corrected chi connectivity index (χ0v) is 12.3. The molecule has 4 nitrogen and oxygen atoms in total. The minimum absolute atomic E-state index is 0.701. The summed E-state index contributed by atoms with van der Waals surface area (Å²) in [5, 5.41) is 3.36. The second-order valence-corrected chi connectivity index (χ2v) is 6.75. The number of piperazine rings is 1. The summed E-state index contributed by atoms with van der Waals surface area (Å²) in [6.07, 6.45) is 1.31. The fourth-order valence-electron chi connectivity index (χ4n) is 3.44. The smallest absolute Gasteiger partial charge is 0.118 e. The van der Waals surface area contributed by atoms with Crippen molar-refractivity contribution in [2.75, 3.05) is 39.3 Å². The van der Waals surface area contributed by atoms with Crippen molar-refractivity contribution in [3.8, 4) is 0 Å². The fraction of sp³-hybridized carbons (Fsp3) is 0.750. The molecule has 2 atom stereocenters. The predicted molar refractivity (Wildman–Crippen MR) is 78.7 cm³/mol. The van der Waals surface area contributed by atoms with Crippen molar-refractivity contribution in [2.24, 2.45) is 5.92 Å². The maximum atomic E-state index is 6.02. The van der Waals surface area contributed by atoms with Crippen LogP contribution in [0.2, 0.25) is 0 Å². The van der Waals surface area contributed by atoms with Crippen LogP contribution in [0.15, 0.2) is 16.5 Å². The Morgan fingerprint density at radius 2 is 1.95 bits per heavy atom. The highest BCUT2D eigenvalue weighted by Crippen LogP contribution is 2.47. The Morgan fingerprint density at radius 3 is 2.55 bits per heavy atom. The molecule has 3 aliphatic rings. The Morgan fingerprint density at radius 1 is 1.20 bits per heavy atom. The third kappa shape index (κ3) is 2.52. The summed E-state index contributed by atoms with van der Waals surface area (Å²) in [4.78, 5) is 5.16. The van der Waals surface area contributed by atoms with Crippen LogP contribution in [-0.4, -0.2) is 55.1 Å². The molecule has 2 aliphatic heterocycles. The molecule has 0 spiro atoms. The van der Waals surface area contributed by atoms with E-state index in [0.29, 0.717) is 5.92 Å². The summed E-state index contributed by atoms with van der Waals surface area (Å²) < 4.78 is 6.02. The lowest BCUT2D eigenvalue weighted by Gasteiger charge is -2.43. The van der Waals surface area contributed by atoms with E-state index in [-0.39, 0.29) is 0 Å². The lowest BCUT2D eigenvalue weighted by molar-refractivity contribution is 0.0663. The van der Waals surface area contributed by atoms with Crippen LogP contribution in [0.5, 0.6) is 0 Å². The molecule has 0 aromatic carbocycles. The standard InChI is InChI=1S/C16H25N3O/c1-12-8-15(12)16-3-2-14(20-16)11-18-4-6-19(7-5-18)13-9-17-10-13/h2-3,12-13,15,17H,4-11H2,1H3. The average Bonchev–Trinajstić information content (AvgIpc) is 2.94. The van der Waals surface area contributed by atoms with Crippen LogP contribution in [0.1, 0.15) is 30.8 Å². The lowest BCUT2D eigenvalue weighted by Crippen LogP contribution is -2.61. The molecule has 1 aromatic heterocycles. The highest BCUT2D eigenvalue weighted by atomic mass is 16.3. The number of furan rings is 1. The summed E-state index contributed by atoms with van der Waals surface area (Å²) in [7, 11) is 0. The van der Waals surface area contributed by atoms with Crippen molar-refractivity contribution in [2.45, 2.75) is 31.8 Å². The summed E-state index contributed by atoms with van der Waals surface area (Å²) in [6.45, 7) is 10.4. The first-order chi connectivity index (χ1) is 9.79. The van der Waals surface area contributed by atoms with Gasteiger partial charge in [0.25, 0.3) is 0 Å². The van der Waals surface area contributed by atoms with Crippen molar-refractivity contribution in [3.63, 3.8) is 0 Å². The van der Waals surface area contributed by atoms with Gasteiger partial charge in [0.05, 0.1) is 6.54 Å². The minimum Gasteiger partial charge on any atom is -0.464 e. The van der Waals surface area contributed by atoms with Crippen LogP contribution in [0, 0.1) is 5.92 Å². The maximum absolute atomic E-state index is 6.02. The Hall–Kier alpha value is -0.840. The molecule has 1 aliphatic carbocycles. The van der Waals surface area contributed by atoms with E-state index in [1.165, 1.54) is 51.4 Å². The van der Waals surface area contributed by atoms with Gasteiger partial charge in [-0.3, -0.25) is 9.80 Å². The van der Waals surface area contributed by atoms with Gasteiger partial charge in [0, 0.05) is 51.2 Å². The van der Waals surface area contributed by atoms with Crippen molar-refractivity contribution in [1.29, 1.82) is 0 Å². The summed E-state index contributed by atoms with van der Waals surface area (Å²) in [5.74, 6) is 3.89. The van der Waals surface area contributed by atoms with Crippen molar-refractivity contribution in [3.05, 3.63) is 23.7 Å². The Labute approximate surface area is 121 Å². The SMILES string of the molecule is CC1CC1c1ccc(CN2CCN(C3CNC3)CC2)o1. The van der Waals surface area contributed by atoms with Crippen molar-refractivity contribution in [1.82, 2.24) is 15.1 Å². The van der Waals surface area contributed by atoms with Gasteiger partial charge >= 0.3 is 0 Å². The van der Waals surface area contributed by atoms with E-state index in [0.717, 1.165) is 24.3 Å². The van der Waals surface area contributed by atoms with Gasteiger partial charge in [-0.15, -0.1) is 0 Å². The summed E-state index contributed by atoms with van der Waals surface area (Å²) in [6, 6.07) is 5.17. The Kier molecular flexibility index (Phi) is 3.33. The number of nitrogens with zero attached hydrogens (tertiary/aromatic N) is 2. The van der Waals surface area contributed by atoms with Gasteiger partial charge in [-0.2, -0.15) is 0 Å². The fourth-order valence-corrected chi connectivity index (χ4v) is 3.44. The average molecular weight is 275 g/mol. The first kappa shape index (κ1) is 12.9. The molecule has 0 amide bonds. The van der Waals surface area contributed by atoms with E-state index in [2.05, 4.69) is 34.2 Å². The maximum Gasteiger partial charge on any atom is 0.118 e. The van der Waals surface area contributed by atoms with Crippen LogP contribution in [0.4, 0.5) is 0 Å². The van der Waals surface area contributed by atoms with Gasteiger partial charge in [0.1, 0.15) is 11.5 Å². The molecule has 0 radical (unpaired) electrons. The lowest BCUT2D eigenvalue weighted by atomic mass is 10.1. The van der Waals surface area contributed by atoms with E-state index >= 15 is 0 Å². The Balaban J connectivity index is 1.28.